The molecule has 0 saturated heterocycles. The predicted octanol–water partition coefficient (Wildman–Crippen LogP) is 3.31. The van der Waals surface area contributed by atoms with E-state index in [1.807, 2.05) is 25.1 Å². The van der Waals surface area contributed by atoms with Gasteiger partial charge in [0.25, 0.3) is 5.91 Å². The normalized spacial score (nSPS) is 17.2. The molecule has 1 saturated carbocycles. The third-order valence-corrected chi connectivity index (χ3v) is 4.16. The molecule has 1 N–H and O–H groups in total. The van der Waals surface area contributed by atoms with E-state index in [0.717, 1.165) is 17.9 Å². The van der Waals surface area contributed by atoms with E-state index in [2.05, 4.69) is 12.2 Å². The molecule has 0 aliphatic heterocycles. The molecule has 2 rings (SSSR count). The van der Waals surface area contributed by atoms with Gasteiger partial charge in [0.05, 0.1) is 7.11 Å². The van der Waals surface area contributed by atoms with Crippen molar-refractivity contribution >= 4 is 5.91 Å². The molecule has 0 bridgehead atoms. The molecule has 1 aliphatic rings. The van der Waals surface area contributed by atoms with Gasteiger partial charge in [-0.3, -0.25) is 4.79 Å². The lowest BCUT2D eigenvalue weighted by atomic mass is 9.89. The van der Waals surface area contributed by atoms with E-state index in [1.54, 1.807) is 7.11 Å². The number of ether oxygens (including phenoxy) is 1. The molecule has 104 valence electrons. The maximum Gasteiger partial charge on any atom is 0.251 e. The molecule has 0 unspecified atom stereocenters. The van der Waals surface area contributed by atoms with Crippen LogP contribution in [0.1, 0.15) is 48.5 Å². The van der Waals surface area contributed by atoms with Crippen molar-refractivity contribution in [1.29, 1.82) is 0 Å². The Morgan fingerprint density at radius 3 is 2.68 bits per heavy atom. The second-order valence-electron chi connectivity index (χ2n) is 5.88. The van der Waals surface area contributed by atoms with Gasteiger partial charge in [-0.05, 0) is 42.9 Å². The van der Waals surface area contributed by atoms with Gasteiger partial charge in [0, 0.05) is 12.1 Å². The Kier molecular flexibility index (Phi) is 4.13. The maximum absolute atomic E-state index is 12.2. The Morgan fingerprint density at radius 2 is 2.05 bits per heavy atom. The number of aryl methyl sites for hydroxylation is 1. The maximum atomic E-state index is 12.2. The molecule has 0 aromatic heterocycles. The lowest BCUT2D eigenvalue weighted by Gasteiger charge is -2.23. The molecule has 3 nitrogen and oxygen atoms in total. The quantitative estimate of drug-likeness (QED) is 0.903. The fraction of sp³-hybridized carbons (Fsp3) is 0.562. The first-order chi connectivity index (χ1) is 9.04. The number of benzene rings is 1. The average Bonchev–Trinajstić information content (AvgIpc) is 2.84. The summed E-state index contributed by atoms with van der Waals surface area (Å²) in [5.41, 5.74) is 2.00. The van der Waals surface area contributed by atoms with E-state index in [-0.39, 0.29) is 11.3 Å². The van der Waals surface area contributed by atoms with Gasteiger partial charge < -0.3 is 10.1 Å². The second kappa shape index (κ2) is 5.64. The zero-order valence-electron chi connectivity index (χ0n) is 12.1. The number of methoxy groups -OCH3 is 1. The van der Waals surface area contributed by atoms with Crippen LogP contribution < -0.4 is 10.1 Å². The van der Waals surface area contributed by atoms with Gasteiger partial charge in [-0.25, -0.2) is 0 Å². The molecule has 0 radical (unpaired) electrons. The van der Waals surface area contributed by atoms with E-state index in [0.29, 0.717) is 5.56 Å². The third kappa shape index (κ3) is 3.28. The SMILES string of the molecule is COc1cc(C(=O)NCC2(C)CCCC2)ccc1C. The van der Waals surface area contributed by atoms with Crippen LogP contribution in [-0.4, -0.2) is 19.6 Å². The van der Waals surface area contributed by atoms with Gasteiger partial charge in [0.15, 0.2) is 0 Å². The largest absolute Gasteiger partial charge is 0.496 e. The summed E-state index contributed by atoms with van der Waals surface area (Å²) in [5, 5.41) is 3.06. The van der Waals surface area contributed by atoms with E-state index in [4.69, 9.17) is 4.74 Å². The van der Waals surface area contributed by atoms with Gasteiger partial charge in [0.2, 0.25) is 0 Å². The fourth-order valence-corrected chi connectivity index (χ4v) is 2.76. The first-order valence-corrected chi connectivity index (χ1v) is 6.97. The van der Waals surface area contributed by atoms with Crippen LogP contribution in [0.25, 0.3) is 0 Å². The van der Waals surface area contributed by atoms with Crippen LogP contribution in [0, 0.1) is 12.3 Å². The van der Waals surface area contributed by atoms with Crippen LogP contribution in [0.5, 0.6) is 5.75 Å². The highest BCUT2D eigenvalue weighted by atomic mass is 16.5. The van der Waals surface area contributed by atoms with Crippen LogP contribution in [0.3, 0.4) is 0 Å². The molecule has 0 heterocycles. The van der Waals surface area contributed by atoms with Crippen molar-refractivity contribution in [2.45, 2.75) is 39.5 Å². The summed E-state index contributed by atoms with van der Waals surface area (Å²) >= 11 is 0. The van der Waals surface area contributed by atoms with Gasteiger partial charge >= 0.3 is 0 Å². The number of hydrogen-bond donors (Lipinski definition) is 1. The molecule has 0 atom stereocenters. The van der Waals surface area contributed by atoms with E-state index in [1.165, 1.54) is 25.7 Å². The molecule has 1 aliphatic carbocycles. The lowest BCUT2D eigenvalue weighted by Crippen LogP contribution is -2.34. The standard InChI is InChI=1S/C16H23NO2/c1-12-6-7-13(10-14(12)19-3)15(18)17-11-16(2)8-4-5-9-16/h6-7,10H,4-5,8-9,11H2,1-3H3,(H,17,18). The van der Waals surface area contributed by atoms with Crippen LogP contribution in [0.4, 0.5) is 0 Å². The summed E-state index contributed by atoms with van der Waals surface area (Å²) in [4.78, 5) is 12.2. The first kappa shape index (κ1) is 13.9. The highest BCUT2D eigenvalue weighted by Gasteiger charge is 2.28. The van der Waals surface area contributed by atoms with Crippen LogP contribution in [-0.2, 0) is 0 Å². The molecule has 1 aromatic carbocycles. The van der Waals surface area contributed by atoms with E-state index < -0.39 is 0 Å². The van der Waals surface area contributed by atoms with Crippen molar-refractivity contribution in [3.8, 4) is 5.75 Å². The Hall–Kier alpha value is -1.51. The molecule has 1 fully saturated rings. The van der Waals surface area contributed by atoms with Crippen LogP contribution in [0.2, 0.25) is 0 Å². The first-order valence-electron chi connectivity index (χ1n) is 6.97. The molecule has 3 heteroatoms. The summed E-state index contributed by atoms with van der Waals surface area (Å²) in [6.45, 7) is 5.00. The molecule has 0 spiro atoms. The summed E-state index contributed by atoms with van der Waals surface area (Å²) in [7, 11) is 1.63. The van der Waals surface area contributed by atoms with Gasteiger partial charge in [0.1, 0.15) is 5.75 Å². The lowest BCUT2D eigenvalue weighted by molar-refractivity contribution is 0.0934. The minimum atomic E-state index is -0.00794. The van der Waals surface area contributed by atoms with E-state index in [9.17, 15) is 4.79 Å². The van der Waals surface area contributed by atoms with Crippen molar-refractivity contribution in [1.82, 2.24) is 5.32 Å². The number of carbonyl (C=O) groups excluding carboxylic acids is 1. The summed E-state index contributed by atoms with van der Waals surface area (Å²) < 4.78 is 5.25. The second-order valence-corrected chi connectivity index (χ2v) is 5.88. The average molecular weight is 261 g/mol. The Balaban J connectivity index is 1.99. The third-order valence-electron chi connectivity index (χ3n) is 4.16. The van der Waals surface area contributed by atoms with Crippen molar-refractivity contribution < 1.29 is 9.53 Å². The number of carbonyl (C=O) groups is 1. The number of rotatable bonds is 4. The molecule has 1 aromatic rings. The minimum absolute atomic E-state index is 0.00794. The Bertz CT molecular complexity index is 462. The number of hydrogen-bond acceptors (Lipinski definition) is 2. The molecular formula is C16H23NO2. The molecule has 1 amide bonds. The highest BCUT2D eigenvalue weighted by molar-refractivity contribution is 5.94. The van der Waals surface area contributed by atoms with Crippen LogP contribution >= 0.6 is 0 Å². The van der Waals surface area contributed by atoms with Gasteiger partial charge in [-0.1, -0.05) is 25.8 Å². The number of amides is 1. The monoisotopic (exact) mass is 261 g/mol. The van der Waals surface area contributed by atoms with Crippen LogP contribution in [0.15, 0.2) is 18.2 Å². The smallest absolute Gasteiger partial charge is 0.251 e. The zero-order chi connectivity index (χ0) is 13.9. The topological polar surface area (TPSA) is 38.3 Å². The highest BCUT2D eigenvalue weighted by Crippen LogP contribution is 2.36. The van der Waals surface area contributed by atoms with Gasteiger partial charge in [-0.15, -0.1) is 0 Å². The van der Waals surface area contributed by atoms with Gasteiger partial charge in [-0.2, -0.15) is 0 Å². The number of nitrogens with one attached hydrogen (secondary N) is 1. The van der Waals surface area contributed by atoms with Crippen molar-refractivity contribution in [3.63, 3.8) is 0 Å². The molecule has 19 heavy (non-hydrogen) atoms. The van der Waals surface area contributed by atoms with Crippen molar-refractivity contribution in [2.24, 2.45) is 5.41 Å². The Labute approximate surface area is 115 Å². The summed E-state index contributed by atoms with van der Waals surface area (Å²) in [6.07, 6.45) is 4.99. The summed E-state index contributed by atoms with van der Waals surface area (Å²) in [5.74, 6) is 0.756. The zero-order valence-corrected chi connectivity index (χ0v) is 12.1. The van der Waals surface area contributed by atoms with Crippen molar-refractivity contribution in [3.05, 3.63) is 29.3 Å². The van der Waals surface area contributed by atoms with Crippen molar-refractivity contribution in [2.75, 3.05) is 13.7 Å². The fourth-order valence-electron chi connectivity index (χ4n) is 2.76. The van der Waals surface area contributed by atoms with E-state index >= 15 is 0 Å². The predicted molar refractivity (Wildman–Crippen MR) is 76.6 cm³/mol. The Morgan fingerprint density at radius 1 is 1.37 bits per heavy atom. The summed E-state index contributed by atoms with van der Waals surface area (Å²) in [6, 6.07) is 5.58. The molecular weight excluding hydrogens is 238 g/mol. The minimum Gasteiger partial charge on any atom is -0.496 e.